The number of aryl methyl sites for hydroxylation is 3. The second kappa shape index (κ2) is 6.35. The monoisotopic (exact) mass is 373 g/mol. The zero-order valence-electron chi connectivity index (χ0n) is 15.8. The standard InChI is InChI=1S/C24H23NOS/c1-16-10-12-21-23(14-16)27(26)24-15-17(2)11-13-22(24)25(21)20-9-5-7-18-6-3-4-8-19(18)20/h5,7,9-15H,3-4,6,8H2,1-2H3. The second-order valence-corrected chi connectivity index (χ2v) is 9.09. The highest BCUT2D eigenvalue weighted by Gasteiger charge is 2.31. The maximum absolute atomic E-state index is 13.4. The first-order chi connectivity index (χ1) is 13.1. The van der Waals surface area contributed by atoms with Crippen molar-refractivity contribution in [1.29, 1.82) is 0 Å². The van der Waals surface area contributed by atoms with Crippen molar-refractivity contribution in [2.24, 2.45) is 0 Å². The van der Waals surface area contributed by atoms with Gasteiger partial charge in [-0.15, -0.1) is 0 Å². The van der Waals surface area contributed by atoms with Crippen LogP contribution in [0.1, 0.15) is 35.1 Å². The fourth-order valence-corrected chi connectivity index (χ4v) is 5.91. The molecule has 0 saturated heterocycles. The predicted molar refractivity (Wildman–Crippen MR) is 112 cm³/mol. The van der Waals surface area contributed by atoms with E-state index in [1.54, 1.807) is 0 Å². The molecule has 2 aliphatic rings. The van der Waals surface area contributed by atoms with Crippen LogP contribution in [0, 0.1) is 13.8 Å². The van der Waals surface area contributed by atoms with Gasteiger partial charge in [0.05, 0.1) is 32.0 Å². The highest BCUT2D eigenvalue weighted by atomic mass is 32.2. The molecule has 1 aliphatic heterocycles. The van der Waals surface area contributed by atoms with Crippen LogP contribution in [0.2, 0.25) is 0 Å². The van der Waals surface area contributed by atoms with Gasteiger partial charge in [0.15, 0.2) is 0 Å². The molecule has 5 rings (SSSR count). The number of rotatable bonds is 1. The molecule has 3 heteroatoms. The molecule has 27 heavy (non-hydrogen) atoms. The number of hydrogen-bond acceptors (Lipinski definition) is 2. The average molecular weight is 374 g/mol. The molecular weight excluding hydrogens is 350 g/mol. The molecule has 0 bridgehead atoms. The third-order valence-corrected chi connectivity index (χ3v) is 7.18. The Hall–Kier alpha value is -2.39. The molecule has 0 radical (unpaired) electrons. The Kier molecular flexibility index (Phi) is 3.94. The molecule has 0 amide bonds. The lowest BCUT2D eigenvalue weighted by molar-refractivity contribution is 0.680. The molecular formula is C24H23NOS. The maximum atomic E-state index is 13.4. The van der Waals surface area contributed by atoms with Gasteiger partial charge in [0.25, 0.3) is 0 Å². The number of hydrogen-bond donors (Lipinski definition) is 0. The van der Waals surface area contributed by atoms with Crippen molar-refractivity contribution in [1.82, 2.24) is 0 Å². The van der Waals surface area contributed by atoms with E-state index in [-0.39, 0.29) is 0 Å². The third-order valence-electron chi connectivity index (χ3n) is 5.72. The molecule has 3 aromatic rings. The van der Waals surface area contributed by atoms with Crippen molar-refractivity contribution in [3.63, 3.8) is 0 Å². The first-order valence-electron chi connectivity index (χ1n) is 9.67. The number of nitrogens with zero attached hydrogens (tertiary/aromatic N) is 1. The van der Waals surface area contributed by atoms with Crippen molar-refractivity contribution in [2.45, 2.75) is 49.3 Å². The lowest BCUT2D eigenvalue weighted by atomic mass is 9.89. The largest absolute Gasteiger partial charge is 0.308 e. The van der Waals surface area contributed by atoms with E-state index in [0.717, 1.165) is 45.1 Å². The molecule has 0 spiro atoms. The minimum Gasteiger partial charge on any atom is -0.308 e. The van der Waals surface area contributed by atoms with Crippen LogP contribution < -0.4 is 4.90 Å². The Labute approximate surface area is 163 Å². The Morgan fingerprint density at radius 3 is 2.07 bits per heavy atom. The van der Waals surface area contributed by atoms with Crippen LogP contribution >= 0.6 is 0 Å². The normalized spacial score (nSPS) is 15.9. The summed E-state index contributed by atoms with van der Waals surface area (Å²) >= 11 is 0. The molecule has 136 valence electrons. The van der Waals surface area contributed by atoms with Crippen molar-refractivity contribution >= 4 is 27.9 Å². The Morgan fingerprint density at radius 2 is 1.41 bits per heavy atom. The molecule has 0 atom stereocenters. The quantitative estimate of drug-likeness (QED) is 0.400. The smallest absolute Gasteiger partial charge is 0.0892 e. The molecule has 1 aliphatic carbocycles. The van der Waals surface area contributed by atoms with Crippen LogP contribution in [0.3, 0.4) is 0 Å². The van der Waals surface area contributed by atoms with E-state index in [4.69, 9.17) is 0 Å². The number of fused-ring (bicyclic) bond motifs is 3. The summed E-state index contributed by atoms with van der Waals surface area (Å²) in [6, 6.07) is 19.3. The topological polar surface area (TPSA) is 20.3 Å². The lowest BCUT2D eigenvalue weighted by Gasteiger charge is -2.35. The van der Waals surface area contributed by atoms with Gasteiger partial charge in [-0.2, -0.15) is 0 Å². The molecule has 0 N–H and O–H groups in total. The second-order valence-electron chi connectivity index (χ2n) is 7.67. The van der Waals surface area contributed by atoms with Crippen LogP contribution in [-0.2, 0) is 23.6 Å². The Balaban J connectivity index is 1.81. The summed E-state index contributed by atoms with van der Waals surface area (Å²) in [7, 11) is -1.15. The zero-order chi connectivity index (χ0) is 18.5. The van der Waals surface area contributed by atoms with Crippen molar-refractivity contribution < 1.29 is 4.21 Å². The van der Waals surface area contributed by atoms with Crippen molar-refractivity contribution in [2.75, 3.05) is 4.90 Å². The molecule has 0 fully saturated rings. The summed E-state index contributed by atoms with van der Waals surface area (Å²) in [5.74, 6) is 0. The van der Waals surface area contributed by atoms with E-state index in [1.165, 1.54) is 29.7 Å². The van der Waals surface area contributed by atoms with Crippen LogP contribution in [0.5, 0.6) is 0 Å². The first-order valence-corrected chi connectivity index (χ1v) is 10.8. The van der Waals surface area contributed by atoms with Crippen molar-refractivity contribution in [3.8, 4) is 0 Å². The summed E-state index contributed by atoms with van der Waals surface area (Å²) in [5.41, 5.74) is 8.56. The zero-order valence-corrected chi connectivity index (χ0v) is 16.6. The van der Waals surface area contributed by atoms with E-state index in [9.17, 15) is 4.21 Å². The minimum absolute atomic E-state index is 0.918. The van der Waals surface area contributed by atoms with E-state index in [2.05, 4.69) is 73.3 Å². The van der Waals surface area contributed by atoms with Gasteiger partial charge in [0.1, 0.15) is 0 Å². The highest BCUT2D eigenvalue weighted by Crippen LogP contribution is 2.48. The summed E-state index contributed by atoms with van der Waals surface area (Å²) in [5, 5.41) is 0. The maximum Gasteiger partial charge on any atom is 0.0892 e. The van der Waals surface area contributed by atoms with Gasteiger partial charge in [0.2, 0.25) is 0 Å². The van der Waals surface area contributed by atoms with Crippen LogP contribution in [0.25, 0.3) is 0 Å². The molecule has 3 aromatic carbocycles. The first kappa shape index (κ1) is 16.8. The van der Waals surface area contributed by atoms with Crippen LogP contribution in [-0.4, -0.2) is 4.21 Å². The van der Waals surface area contributed by atoms with E-state index in [0.29, 0.717) is 0 Å². The Bertz CT molecular complexity index is 1030. The van der Waals surface area contributed by atoms with Crippen LogP contribution in [0.15, 0.2) is 64.4 Å². The SMILES string of the molecule is Cc1ccc2c(c1)S(=O)c1cc(C)ccc1N2c1cccc2c1CCCC2. The minimum atomic E-state index is -1.15. The molecule has 0 unspecified atom stereocenters. The van der Waals surface area contributed by atoms with Crippen molar-refractivity contribution in [3.05, 3.63) is 76.9 Å². The summed E-state index contributed by atoms with van der Waals surface area (Å²) in [6.45, 7) is 4.13. The van der Waals surface area contributed by atoms with E-state index in [1.807, 2.05) is 0 Å². The summed E-state index contributed by atoms with van der Waals surface area (Å²) < 4.78 is 13.4. The highest BCUT2D eigenvalue weighted by molar-refractivity contribution is 7.85. The van der Waals surface area contributed by atoms with Gasteiger partial charge in [-0.1, -0.05) is 24.3 Å². The van der Waals surface area contributed by atoms with Crippen LogP contribution in [0.4, 0.5) is 17.1 Å². The molecule has 0 aromatic heterocycles. The van der Waals surface area contributed by atoms with Gasteiger partial charge < -0.3 is 4.90 Å². The summed E-state index contributed by atoms with van der Waals surface area (Å²) in [4.78, 5) is 4.18. The molecule has 0 saturated carbocycles. The number of anilines is 3. The van der Waals surface area contributed by atoms with E-state index < -0.39 is 10.8 Å². The average Bonchev–Trinajstić information content (AvgIpc) is 2.69. The third kappa shape index (κ3) is 2.64. The van der Waals surface area contributed by atoms with Gasteiger partial charge in [-0.05, 0) is 92.1 Å². The predicted octanol–water partition coefficient (Wildman–Crippen LogP) is 6.13. The molecule has 1 heterocycles. The summed E-state index contributed by atoms with van der Waals surface area (Å²) in [6.07, 6.45) is 4.79. The van der Waals surface area contributed by atoms with E-state index >= 15 is 0 Å². The van der Waals surface area contributed by atoms with Gasteiger partial charge in [0, 0.05) is 5.69 Å². The van der Waals surface area contributed by atoms with Gasteiger partial charge >= 0.3 is 0 Å². The number of benzene rings is 3. The van der Waals surface area contributed by atoms with Gasteiger partial charge in [-0.25, -0.2) is 4.21 Å². The fraction of sp³-hybridized carbons (Fsp3) is 0.250. The fourth-order valence-electron chi connectivity index (χ4n) is 4.39. The van der Waals surface area contributed by atoms with Gasteiger partial charge in [-0.3, -0.25) is 0 Å². The lowest BCUT2D eigenvalue weighted by Crippen LogP contribution is -2.22. The molecule has 2 nitrogen and oxygen atoms in total. The Morgan fingerprint density at radius 1 is 0.778 bits per heavy atom.